The third-order valence-electron chi connectivity index (χ3n) is 4.87. The second-order valence-corrected chi connectivity index (χ2v) is 6.34. The summed E-state index contributed by atoms with van der Waals surface area (Å²) in [5.74, 6) is 5.99. The molecule has 20 heavy (non-hydrogen) atoms. The summed E-state index contributed by atoms with van der Waals surface area (Å²) in [6.45, 7) is 2.70. The van der Waals surface area contributed by atoms with Crippen molar-refractivity contribution in [2.24, 2.45) is 11.8 Å². The zero-order valence-corrected chi connectivity index (χ0v) is 12.0. The first kappa shape index (κ1) is 14.0. The molecule has 2 aliphatic rings. The molecule has 1 aliphatic carbocycles. The maximum Gasteiger partial charge on any atom is 0.123 e. The van der Waals surface area contributed by atoms with Crippen molar-refractivity contribution >= 4 is 0 Å². The number of hydrogen-bond acceptors (Lipinski definition) is 3. The van der Waals surface area contributed by atoms with Crippen LogP contribution in [0.5, 0.6) is 0 Å². The van der Waals surface area contributed by atoms with E-state index in [1.165, 1.54) is 6.42 Å². The Morgan fingerprint density at radius 1 is 1.40 bits per heavy atom. The van der Waals surface area contributed by atoms with Gasteiger partial charge in [0, 0.05) is 12.6 Å². The van der Waals surface area contributed by atoms with Crippen LogP contribution in [0.1, 0.15) is 49.3 Å². The minimum atomic E-state index is -0.189. The summed E-state index contributed by atoms with van der Waals surface area (Å²) in [6.07, 6.45) is 5.57. The van der Waals surface area contributed by atoms with Crippen molar-refractivity contribution < 1.29 is 9.13 Å². The summed E-state index contributed by atoms with van der Waals surface area (Å²) in [7, 11) is 0. The Hall–Kier alpha value is -0.970. The van der Waals surface area contributed by atoms with Crippen molar-refractivity contribution in [1.82, 2.24) is 5.43 Å². The summed E-state index contributed by atoms with van der Waals surface area (Å²) in [5, 5.41) is 0. The van der Waals surface area contributed by atoms with Crippen LogP contribution in [0.2, 0.25) is 0 Å². The summed E-state index contributed by atoms with van der Waals surface area (Å²) in [6, 6.07) is 5.18. The number of halogens is 1. The van der Waals surface area contributed by atoms with Crippen LogP contribution in [0, 0.1) is 18.7 Å². The van der Waals surface area contributed by atoms with Crippen LogP contribution < -0.4 is 11.3 Å². The lowest BCUT2D eigenvalue weighted by molar-refractivity contribution is -0.147. The Labute approximate surface area is 119 Å². The van der Waals surface area contributed by atoms with E-state index < -0.39 is 0 Å². The highest BCUT2D eigenvalue weighted by Crippen LogP contribution is 2.47. The maximum atomic E-state index is 13.6. The molecule has 0 bridgehead atoms. The topological polar surface area (TPSA) is 47.3 Å². The molecule has 1 aromatic rings. The van der Waals surface area contributed by atoms with Crippen LogP contribution in [0.3, 0.4) is 0 Å². The predicted octanol–water partition coefficient (Wildman–Crippen LogP) is 2.99. The average molecular weight is 278 g/mol. The van der Waals surface area contributed by atoms with Crippen LogP contribution in [0.15, 0.2) is 18.2 Å². The van der Waals surface area contributed by atoms with Crippen molar-refractivity contribution in [2.75, 3.05) is 6.61 Å². The van der Waals surface area contributed by atoms with Crippen LogP contribution in [0.4, 0.5) is 4.39 Å². The van der Waals surface area contributed by atoms with Gasteiger partial charge in [0.2, 0.25) is 0 Å². The van der Waals surface area contributed by atoms with Gasteiger partial charge in [0.05, 0.1) is 5.60 Å². The summed E-state index contributed by atoms with van der Waals surface area (Å²) in [5.41, 5.74) is 4.88. The molecule has 110 valence electrons. The molecular formula is C16H23FN2O. The molecule has 1 saturated heterocycles. The number of nitrogens with two attached hydrogens (primary N) is 1. The molecule has 3 nitrogen and oxygen atoms in total. The highest BCUT2D eigenvalue weighted by Gasteiger charge is 2.44. The Morgan fingerprint density at radius 3 is 2.80 bits per heavy atom. The minimum absolute atomic E-state index is 0.00535. The number of nitrogens with one attached hydrogen (secondary N) is 1. The number of benzene rings is 1. The SMILES string of the molecule is Cc1cc(F)cc(C(NN)C2CCOC3(CCC3)C2)c1. The highest BCUT2D eigenvalue weighted by atomic mass is 19.1. The Balaban J connectivity index is 1.81. The molecule has 1 heterocycles. The highest BCUT2D eigenvalue weighted by molar-refractivity contribution is 5.27. The molecule has 1 spiro atoms. The molecule has 4 heteroatoms. The summed E-state index contributed by atoms with van der Waals surface area (Å²) < 4.78 is 19.6. The van der Waals surface area contributed by atoms with Gasteiger partial charge in [-0.1, -0.05) is 6.07 Å². The van der Waals surface area contributed by atoms with E-state index in [1.807, 2.05) is 13.0 Å². The normalized spacial score (nSPS) is 26.2. The van der Waals surface area contributed by atoms with Crippen molar-refractivity contribution in [3.8, 4) is 0 Å². The van der Waals surface area contributed by atoms with Gasteiger partial charge in [-0.2, -0.15) is 0 Å². The van der Waals surface area contributed by atoms with E-state index in [0.29, 0.717) is 5.92 Å². The smallest absolute Gasteiger partial charge is 0.123 e. The van der Waals surface area contributed by atoms with Crippen molar-refractivity contribution in [2.45, 2.75) is 50.7 Å². The predicted molar refractivity (Wildman–Crippen MR) is 76.5 cm³/mol. The molecule has 3 N–H and O–H groups in total. The quantitative estimate of drug-likeness (QED) is 0.660. The van der Waals surface area contributed by atoms with Gasteiger partial charge in [0.1, 0.15) is 5.82 Å². The van der Waals surface area contributed by atoms with Crippen molar-refractivity contribution in [1.29, 1.82) is 0 Å². The summed E-state index contributed by atoms with van der Waals surface area (Å²) >= 11 is 0. The number of aryl methyl sites for hydroxylation is 1. The Kier molecular flexibility index (Phi) is 3.80. The number of hydrogen-bond donors (Lipinski definition) is 2. The fraction of sp³-hybridized carbons (Fsp3) is 0.625. The van der Waals surface area contributed by atoms with E-state index in [0.717, 1.165) is 43.4 Å². The molecule has 0 amide bonds. The maximum absolute atomic E-state index is 13.6. The molecule has 1 aromatic carbocycles. The fourth-order valence-corrected chi connectivity index (χ4v) is 3.72. The van der Waals surface area contributed by atoms with Crippen molar-refractivity contribution in [3.05, 3.63) is 35.1 Å². The van der Waals surface area contributed by atoms with Crippen LogP contribution in [0.25, 0.3) is 0 Å². The first-order valence-electron chi connectivity index (χ1n) is 7.49. The van der Waals surface area contributed by atoms with Gasteiger partial charge in [-0.3, -0.25) is 11.3 Å². The van der Waals surface area contributed by atoms with E-state index in [4.69, 9.17) is 10.6 Å². The third kappa shape index (κ3) is 2.60. The molecule has 2 atom stereocenters. The van der Waals surface area contributed by atoms with Gasteiger partial charge in [-0.25, -0.2) is 4.39 Å². The number of rotatable bonds is 3. The molecular weight excluding hydrogens is 255 g/mol. The lowest BCUT2D eigenvalue weighted by Crippen LogP contribution is -2.48. The number of hydrazine groups is 1. The van der Waals surface area contributed by atoms with Gasteiger partial charge >= 0.3 is 0 Å². The minimum Gasteiger partial charge on any atom is -0.375 e. The number of ether oxygens (including phenoxy) is 1. The zero-order chi connectivity index (χ0) is 14.2. The molecule has 2 unspecified atom stereocenters. The van der Waals surface area contributed by atoms with E-state index in [2.05, 4.69) is 5.43 Å². The van der Waals surface area contributed by atoms with E-state index in [9.17, 15) is 4.39 Å². The van der Waals surface area contributed by atoms with Crippen molar-refractivity contribution in [3.63, 3.8) is 0 Å². The summed E-state index contributed by atoms with van der Waals surface area (Å²) in [4.78, 5) is 0. The van der Waals surface area contributed by atoms with Gasteiger partial charge in [0.25, 0.3) is 0 Å². The largest absolute Gasteiger partial charge is 0.375 e. The van der Waals surface area contributed by atoms with Crippen LogP contribution in [-0.2, 0) is 4.74 Å². The zero-order valence-electron chi connectivity index (χ0n) is 12.0. The lowest BCUT2D eigenvalue weighted by Gasteiger charge is -2.48. The molecule has 0 radical (unpaired) electrons. The molecule has 1 aliphatic heterocycles. The molecule has 3 rings (SSSR count). The Morgan fingerprint density at radius 2 is 2.20 bits per heavy atom. The van der Waals surface area contributed by atoms with Gasteiger partial charge in [-0.05, 0) is 68.2 Å². The van der Waals surface area contributed by atoms with E-state index in [-0.39, 0.29) is 17.5 Å². The standard InChI is InChI=1S/C16H23FN2O/c1-11-7-13(9-14(17)8-11)15(19-18)12-3-6-20-16(10-12)4-2-5-16/h7-9,12,15,19H,2-6,10,18H2,1H3. The monoisotopic (exact) mass is 278 g/mol. The lowest BCUT2D eigenvalue weighted by atomic mass is 9.69. The van der Waals surface area contributed by atoms with E-state index >= 15 is 0 Å². The molecule has 1 saturated carbocycles. The molecule has 0 aromatic heterocycles. The first-order chi connectivity index (χ1) is 9.62. The van der Waals surface area contributed by atoms with Crippen LogP contribution >= 0.6 is 0 Å². The first-order valence-corrected chi connectivity index (χ1v) is 7.49. The van der Waals surface area contributed by atoms with Gasteiger partial charge in [0.15, 0.2) is 0 Å². The second kappa shape index (κ2) is 5.43. The Bertz CT molecular complexity index is 467. The third-order valence-corrected chi connectivity index (χ3v) is 4.87. The van der Waals surface area contributed by atoms with E-state index in [1.54, 1.807) is 12.1 Å². The second-order valence-electron chi connectivity index (χ2n) is 6.34. The van der Waals surface area contributed by atoms with Gasteiger partial charge in [-0.15, -0.1) is 0 Å². The van der Waals surface area contributed by atoms with Gasteiger partial charge < -0.3 is 4.74 Å². The average Bonchev–Trinajstić information content (AvgIpc) is 2.37. The fourth-order valence-electron chi connectivity index (χ4n) is 3.72. The molecule has 2 fully saturated rings. The van der Waals surface area contributed by atoms with Crippen LogP contribution in [-0.4, -0.2) is 12.2 Å².